The molecule has 0 fully saturated rings. The standard InChI is InChI=1S/C7H11O8P/c8-2-5(10)3-1-4(9)7(6(3)11)15-16(12,13)14/h3,5,8,10-11H,1-2H2,(H2,12,13,14)/t3-,5+/m1/s1. The van der Waals surface area contributed by atoms with Crippen molar-refractivity contribution in [1.82, 2.24) is 0 Å². The van der Waals surface area contributed by atoms with Crippen LogP contribution in [-0.4, -0.2) is 43.6 Å². The van der Waals surface area contributed by atoms with Gasteiger partial charge in [0.1, 0.15) is 5.76 Å². The van der Waals surface area contributed by atoms with Gasteiger partial charge in [-0.2, -0.15) is 0 Å². The number of hydrogen-bond acceptors (Lipinski definition) is 6. The van der Waals surface area contributed by atoms with Crippen molar-refractivity contribution in [2.75, 3.05) is 6.61 Å². The molecule has 1 aliphatic rings. The van der Waals surface area contributed by atoms with E-state index in [9.17, 15) is 19.6 Å². The molecule has 2 atom stereocenters. The Labute approximate surface area is 90.0 Å². The minimum Gasteiger partial charge on any atom is -0.508 e. The van der Waals surface area contributed by atoms with E-state index in [-0.39, 0.29) is 6.42 Å². The van der Waals surface area contributed by atoms with E-state index < -0.39 is 43.8 Å². The number of hydrogen-bond donors (Lipinski definition) is 5. The zero-order valence-corrected chi connectivity index (χ0v) is 8.87. The highest BCUT2D eigenvalue weighted by Crippen LogP contribution is 2.43. The molecule has 5 N–H and O–H groups in total. The van der Waals surface area contributed by atoms with Crippen LogP contribution in [0.3, 0.4) is 0 Å². The smallest absolute Gasteiger partial charge is 0.508 e. The van der Waals surface area contributed by atoms with Crippen LogP contribution in [0, 0.1) is 5.92 Å². The molecule has 9 heteroatoms. The molecule has 1 aliphatic carbocycles. The summed E-state index contributed by atoms with van der Waals surface area (Å²) >= 11 is 0. The molecule has 0 aromatic heterocycles. The molecule has 0 saturated heterocycles. The maximum Gasteiger partial charge on any atom is 0.525 e. The second-order valence-corrected chi connectivity index (χ2v) is 4.44. The Morgan fingerprint density at radius 1 is 1.50 bits per heavy atom. The average Bonchev–Trinajstić information content (AvgIpc) is 2.42. The average molecular weight is 254 g/mol. The van der Waals surface area contributed by atoms with Crippen molar-refractivity contribution in [3.63, 3.8) is 0 Å². The first-order valence-electron chi connectivity index (χ1n) is 4.26. The number of phosphoric acid groups is 1. The van der Waals surface area contributed by atoms with Gasteiger partial charge >= 0.3 is 7.82 Å². The molecule has 0 bridgehead atoms. The van der Waals surface area contributed by atoms with Crippen LogP contribution >= 0.6 is 7.82 Å². The third-order valence-corrected chi connectivity index (χ3v) is 2.52. The van der Waals surface area contributed by atoms with E-state index in [1.807, 2.05) is 0 Å². The van der Waals surface area contributed by atoms with Gasteiger partial charge < -0.3 is 19.8 Å². The Hall–Kier alpha value is -0.920. The summed E-state index contributed by atoms with van der Waals surface area (Å²) in [5.41, 5.74) is 0. The molecular weight excluding hydrogens is 243 g/mol. The molecule has 0 aliphatic heterocycles. The van der Waals surface area contributed by atoms with Gasteiger partial charge in [-0.05, 0) is 0 Å². The molecule has 16 heavy (non-hydrogen) atoms. The van der Waals surface area contributed by atoms with Crippen LogP contribution in [0.5, 0.6) is 0 Å². The van der Waals surface area contributed by atoms with Gasteiger partial charge in [0.2, 0.25) is 11.5 Å². The van der Waals surface area contributed by atoms with Crippen molar-refractivity contribution in [3.05, 3.63) is 11.5 Å². The minimum atomic E-state index is -4.94. The Morgan fingerprint density at radius 3 is 2.50 bits per heavy atom. The van der Waals surface area contributed by atoms with Crippen LogP contribution in [0.25, 0.3) is 0 Å². The quantitative estimate of drug-likeness (QED) is 0.394. The van der Waals surface area contributed by atoms with Crippen molar-refractivity contribution in [2.45, 2.75) is 12.5 Å². The molecule has 0 aromatic carbocycles. The number of phosphoric ester groups is 1. The number of rotatable bonds is 4. The Bertz CT molecular complexity index is 369. The Kier molecular flexibility index (Phi) is 3.72. The van der Waals surface area contributed by atoms with E-state index in [0.717, 1.165) is 0 Å². The second kappa shape index (κ2) is 4.52. The number of Topliss-reactive ketones (excluding diaryl/α,β-unsaturated/α-hetero) is 1. The lowest BCUT2D eigenvalue weighted by Gasteiger charge is -2.14. The number of ketones is 1. The van der Waals surface area contributed by atoms with Gasteiger partial charge in [0.25, 0.3) is 0 Å². The molecule has 0 amide bonds. The number of carbonyl (C=O) groups excluding carboxylic acids is 1. The number of aliphatic hydroxyl groups is 3. The van der Waals surface area contributed by atoms with Gasteiger partial charge in [-0.25, -0.2) is 4.57 Å². The Balaban J connectivity index is 2.94. The minimum absolute atomic E-state index is 0.372. The first-order chi connectivity index (χ1) is 7.26. The van der Waals surface area contributed by atoms with E-state index in [4.69, 9.17) is 14.9 Å². The topological polar surface area (TPSA) is 145 Å². The van der Waals surface area contributed by atoms with Crippen LogP contribution in [0.2, 0.25) is 0 Å². The summed E-state index contributed by atoms with van der Waals surface area (Å²) in [5, 5.41) is 27.2. The third-order valence-electron chi connectivity index (χ3n) is 2.10. The molecule has 1 rings (SSSR count). The fourth-order valence-electron chi connectivity index (χ4n) is 1.36. The predicted octanol–water partition coefficient (Wildman–Crippen LogP) is -1.19. The molecule has 0 saturated carbocycles. The normalized spacial score (nSPS) is 23.8. The van der Waals surface area contributed by atoms with Crippen molar-refractivity contribution < 1.29 is 39.0 Å². The van der Waals surface area contributed by atoms with E-state index in [1.165, 1.54) is 0 Å². The molecule has 0 spiro atoms. The van der Waals surface area contributed by atoms with Gasteiger partial charge in [0.05, 0.1) is 18.6 Å². The monoisotopic (exact) mass is 254 g/mol. The van der Waals surface area contributed by atoms with Gasteiger partial charge in [-0.3, -0.25) is 14.6 Å². The molecule has 0 unspecified atom stereocenters. The lowest BCUT2D eigenvalue weighted by Crippen LogP contribution is -2.24. The molecule has 0 aromatic rings. The van der Waals surface area contributed by atoms with Crippen LogP contribution in [0.1, 0.15) is 6.42 Å². The van der Waals surface area contributed by atoms with Crippen LogP contribution in [0.4, 0.5) is 0 Å². The summed E-state index contributed by atoms with van der Waals surface area (Å²) in [6, 6.07) is 0. The highest BCUT2D eigenvalue weighted by atomic mass is 31.2. The van der Waals surface area contributed by atoms with Crippen molar-refractivity contribution in [2.24, 2.45) is 5.92 Å². The van der Waals surface area contributed by atoms with Crippen molar-refractivity contribution in [1.29, 1.82) is 0 Å². The van der Waals surface area contributed by atoms with E-state index in [2.05, 4.69) is 4.52 Å². The van der Waals surface area contributed by atoms with Gasteiger partial charge in [-0.15, -0.1) is 0 Å². The highest BCUT2D eigenvalue weighted by Gasteiger charge is 2.40. The molecule has 8 nitrogen and oxygen atoms in total. The lowest BCUT2D eigenvalue weighted by atomic mass is 10.0. The zero-order valence-electron chi connectivity index (χ0n) is 7.98. The third kappa shape index (κ3) is 2.81. The number of carbonyl (C=O) groups is 1. The molecule has 92 valence electrons. The van der Waals surface area contributed by atoms with E-state index >= 15 is 0 Å². The summed E-state index contributed by atoms with van der Waals surface area (Å²) in [5.74, 6) is -3.54. The molecular formula is C7H11O8P. The van der Waals surface area contributed by atoms with Gasteiger partial charge in [0, 0.05) is 6.42 Å². The van der Waals surface area contributed by atoms with Crippen LogP contribution in [-0.2, 0) is 13.9 Å². The molecule has 0 heterocycles. The van der Waals surface area contributed by atoms with Gasteiger partial charge in [-0.1, -0.05) is 0 Å². The first-order valence-corrected chi connectivity index (χ1v) is 5.79. The van der Waals surface area contributed by atoms with Crippen molar-refractivity contribution >= 4 is 13.6 Å². The fraction of sp³-hybridized carbons (Fsp3) is 0.571. The molecule has 0 radical (unpaired) electrons. The summed E-state index contributed by atoms with van der Waals surface area (Å²) in [4.78, 5) is 28.2. The fourth-order valence-corrected chi connectivity index (χ4v) is 1.80. The largest absolute Gasteiger partial charge is 0.525 e. The summed E-state index contributed by atoms with van der Waals surface area (Å²) in [6.07, 6.45) is -1.76. The maximum atomic E-state index is 11.2. The number of allylic oxidation sites excluding steroid dienone is 1. The second-order valence-electron chi connectivity index (χ2n) is 3.28. The summed E-state index contributed by atoms with van der Waals surface area (Å²) in [7, 11) is -4.94. The first kappa shape index (κ1) is 13.1. The zero-order chi connectivity index (χ0) is 12.5. The van der Waals surface area contributed by atoms with Gasteiger partial charge in [0.15, 0.2) is 0 Å². The van der Waals surface area contributed by atoms with Crippen LogP contribution < -0.4 is 0 Å². The van der Waals surface area contributed by atoms with E-state index in [1.54, 1.807) is 0 Å². The maximum absolute atomic E-state index is 11.2. The lowest BCUT2D eigenvalue weighted by molar-refractivity contribution is -0.118. The predicted molar refractivity (Wildman–Crippen MR) is 49.0 cm³/mol. The summed E-state index contributed by atoms with van der Waals surface area (Å²) < 4.78 is 14.5. The number of aliphatic hydroxyl groups excluding tert-OH is 3. The van der Waals surface area contributed by atoms with Crippen molar-refractivity contribution in [3.8, 4) is 0 Å². The summed E-state index contributed by atoms with van der Waals surface area (Å²) in [6.45, 7) is -0.689. The SMILES string of the molecule is O=C1C[C@H]([C@@H](O)CO)C(O)=C1OP(=O)(O)O. The van der Waals surface area contributed by atoms with Crippen LogP contribution in [0.15, 0.2) is 11.5 Å². The van der Waals surface area contributed by atoms with E-state index in [0.29, 0.717) is 0 Å². The Morgan fingerprint density at radius 2 is 2.06 bits per heavy atom. The highest BCUT2D eigenvalue weighted by molar-refractivity contribution is 7.46.